The van der Waals surface area contributed by atoms with E-state index in [1.54, 1.807) is 6.07 Å². The van der Waals surface area contributed by atoms with E-state index in [4.69, 9.17) is 13.9 Å². The highest BCUT2D eigenvalue weighted by atomic mass is 16.6. The van der Waals surface area contributed by atoms with Gasteiger partial charge in [-0.2, -0.15) is 0 Å². The second-order valence-corrected chi connectivity index (χ2v) is 4.62. The molecule has 0 aliphatic carbocycles. The molecule has 0 spiro atoms. The van der Waals surface area contributed by atoms with Crippen LogP contribution in [-0.2, 0) is 15.9 Å². The van der Waals surface area contributed by atoms with Crippen molar-refractivity contribution in [2.24, 2.45) is 5.92 Å². The topological polar surface area (TPSA) is 48.7 Å². The summed E-state index contributed by atoms with van der Waals surface area (Å²) >= 11 is 0. The number of ether oxygens (including phenoxy) is 2. The van der Waals surface area contributed by atoms with Crippen LogP contribution in [0.2, 0.25) is 0 Å². The van der Waals surface area contributed by atoms with Crippen molar-refractivity contribution < 1.29 is 18.7 Å². The van der Waals surface area contributed by atoms with Crippen LogP contribution in [0.25, 0.3) is 0 Å². The van der Waals surface area contributed by atoms with Gasteiger partial charge in [0.25, 0.3) is 0 Å². The molecule has 0 saturated heterocycles. The second-order valence-electron chi connectivity index (χ2n) is 4.62. The SMILES string of the molecule is CCCc1ccc(C(=O)OCCOCC(C)C)o1. The maximum absolute atomic E-state index is 11.6. The minimum Gasteiger partial charge on any atom is -0.457 e. The zero-order valence-electron chi connectivity index (χ0n) is 11.4. The lowest BCUT2D eigenvalue weighted by atomic mass is 10.2. The highest BCUT2D eigenvalue weighted by molar-refractivity contribution is 5.86. The van der Waals surface area contributed by atoms with Crippen molar-refractivity contribution in [2.75, 3.05) is 19.8 Å². The van der Waals surface area contributed by atoms with Crippen LogP contribution in [0.1, 0.15) is 43.5 Å². The van der Waals surface area contributed by atoms with Gasteiger partial charge >= 0.3 is 5.97 Å². The molecule has 0 radical (unpaired) electrons. The van der Waals surface area contributed by atoms with Crippen molar-refractivity contribution in [1.82, 2.24) is 0 Å². The number of hydrogen-bond acceptors (Lipinski definition) is 4. The summed E-state index contributed by atoms with van der Waals surface area (Å²) in [5.74, 6) is 1.15. The van der Waals surface area contributed by atoms with E-state index in [1.165, 1.54) is 0 Å². The van der Waals surface area contributed by atoms with E-state index in [1.807, 2.05) is 6.07 Å². The first-order valence-corrected chi connectivity index (χ1v) is 6.47. The molecular formula is C14H22O4. The monoisotopic (exact) mass is 254 g/mol. The van der Waals surface area contributed by atoms with Gasteiger partial charge in [-0.3, -0.25) is 0 Å². The molecule has 0 N–H and O–H groups in total. The van der Waals surface area contributed by atoms with Gasteiger partial charge < -0.3 is 13.9 Å². The first kappa shape index (κ1) is 14.8. The summed E-state index contributed by atoms with van der Waals surface area (Å²) in [6, 6.07) is 3.47. The molecule has 1 heterocycles. The molecule has 0 aromatic carbocycles. The van der Waals surface area contributed by atoms with Crippen LogP contribution < -0.4 is 0 Å². The van der Waals surface area contributed by atoms with E-state index in [0.717, 1.165) is 18.6 Å². The molecule has 0 saturated carbocycles. The number of carbonyl (C=O) groups excluding carboxylic acids is 1. The molecular weight excluding hydrogens is 232 g/mol. The minimum atomic E-state index is -0.425. The lowest BCUT2D eigenvalue weighted by molar-refractivity contribution is 0.0249. The molecule has 1 aromatic heterocycles. The standard InChI is InChI=1S/C14H22O4/c1-4-5-12-6-7-13(18-12)14(15)17-9-8-16-10-11(2)3/h6-7,11H,4-5,8-10H2,1-3H3. The summed E-state index contributed by atoms with van der Waals surface area (Å²) in [5.41, 5.74) is 0. The van der Waals surface area contributed by atoms with Gasteiger partial charge in [-0.15, -0.1) is 0 Å². The van der Waals surface area contributed by atoms with Gasteiger partial charge in [-0.1, -0.05) is 20.8 Å². The van der Waals surface area contributed by atoms with Crippen LogP contribution in [0.15, 0.2) is 16.5 Å². The van der Waals surface area contributed by atoms with Crippen molar-refractivity contribution in [1.29, 1.82) is 0 Å². The van der Waals surface area contributed by atoms with Crippen LogP contribution in [0.5, 0.6) is 0 Å². The van der Waals surface area contributed by atoms with E-state index in [2.05, 4.69) is 20.8 Å². The van der Waals surface area contributed by atoms with Crippen molar-refractivity contribution in [3.8, 4) is 0 Å². The summed E-state index contributed by atoms with van der Waals surface area (Å²) in [5, 5.41) is 0. The Morgan fingerprint density at radius 1 is 1.33 bits per heavy atom. The predicted molar refractivity (Wildman–Crippen MR) is 68.6 cm³/mol. The third kappa shape index (κ3) is 5.36. The second kappa shape index (κ2) is 7.93. The Balaban J connectivity index is 2.23. The number of aryl methyl sites for hydroxylation is 1. The Morgan fingerprint density at radius 3 is 2.78 bits per heavy atom. The molecule has 0 atom stereocenters. The lowest BCUT2D eigenvalue weighted by Gasteiger charge is -2.06. The largest absolute Gasteiger partial charge is 0.457 e. The molecule has 4 heteroatoms. The number of furan rings is 1. The average molecular weight is 254 g/mol. The average Bonchev–Trinajstić information content (AvgIpc) is 2.77. The number of rotatable bonds is 8. The summed E-state index contributed by atoms with van der Waals surface area (Å²) in [4.78, 5) is 11.6. The van der Waals surface area contributed by atoms with Gasteiger partial charge in [0.1, 0.15) is 12.4 Å². The Kier molecular flexibility index (Phi) is 6.50. The van der Waals surface area contributed by atoms with Gasteiger partial charge in [0.15, 0.2) is 0 Å². The fourth-order valence-electron chi connectivity index (χ4n) is 1.45. The maximum Gasteiger partial charge on any atom is 0.374 e. The summed E-state index contributed by atoms with van der Waals surface area (Å²) in [6.07, 6.45) is 1.83. The van der Waals surface area contributed by atoms with E-state index < -0.39 is 5.97 Å². The summed E-state index contributed by atoms with van der Waals surface area (Å²) in [7, 11) is 0. The van der Waals surface area contributed by atoms with Gasteiger partial charge in [0.05, 0.1) is 6.61 Å². The fraction of sp³-hybridized carbons (Fsp3) is 0.643. The molecule has 4 nitrogen and oxygen atoms in total. The zero-order valence-corrected chi connectivity index (χ0v) is 11.4. The van der Waals surface area contributed by atoms with E-state index in [0.29, 0.717) is 19.1 Å². The number of esters is 1. The van der Waals surface area contributed by atoms with Gasteiger partial charge in [-0.25, -0.2) is 4.79 Å². The molecule has 1 aromatic rings. The highest BCUT2D eigenvalue weighted by Gasteiger charge is 2.12. The molecule has 102 valence electrons. The number of hydrogen-bond donors (Lipinski definition) is 0. The molecule has 0 amide bonds. The minimum absolute atomic E-state index is 0.259. The van der Waals surface area contributed by atoms with Crippen molar-refractivity contribution in [3.05, 3.63) is 23.7 Å². The molecule has 0 aliphatic rings. The molecule has 0 unspecified atom stereocenters. The maximum atomic E-state index is 11.6. The van der Waals surface area contributed by atoms with Crippen molar-refractivity contribution >= 4 is 5.97 Å². The Bertz CT molecular complexity index is 354. The van der Waals surface area contributed by atoms with Crippen LogP contribution in [0, 0.1) is 5.92 Å². The van der Waals surface area contributed by atoms with E-state index in [9.17, 15) is 4.79 Å². The molecule has 1 rings (SSSR count). The fourth-order valence-corrected chi connectivity index (χ4v) is 1.45. The Hall–Kier alpha value is -1.29. The van der Waals surface area contributed by atoms with Crippen LogP contribution in [0.4, 0.5) is 0 Å². The van der Waals surface area contributed by atoms with Crippen LogP contribution in [0.3, 0.4) is 0 Å². The quantitative estimate of drug-likeness (QED) is 0.528. The highest BCUT2D eigenvalue weighted by Crippen LogP contribution is 2.11. The third-order valence-electron chi connectivity index (χ3n) is 2.27. The van der Waals surface area contributed by atoms with Gasteiger partial charge in [-0.05, 0) is 24.5 Å². The Morgan fingerprint density at radius 2 is 2.11 bits per heavy atom. The first-order valence-electron chi connectivity index (χ1n) is 6.47. The lowest BCUT2D eigenvalue weighted by Crippen LogP contribution is -2.12. The first-order chi connectivity index (χ1) is 8.63. The normalized spacial score (nSPS) is 10.9. The molecule has 0 aliphatic heterocycles. The number of carbonyl (C=O) groups is 1. The van der Waals surface area contributed by atoms with Crippen molar-refractivity contribution in [2.45, 2.75) is 33.6 Å². The molecule has 0 bridgehead atoms. The smallest absolute Gasteiger partial charge is 0.374 e. The van der Waals surface area contributed by atoms with Crippen LogP contribution >= 0.6 is 0 Å². The Labute approximate surface area is 108 Å². The zero-order chi connectivity index (χ0) is 13.4. The van der Waals surface area contributed by atoms with Gasteiger partial charge in [0.2, 0.25) is 5.76 Å². The van der Waals surface area contributed by atoms with Crippen molar-refractivity contribution in [3.63, 3.8) is 0 Å². The third-order valence-corrected chi connectivity index (χ3v) is 2.27. The molecule has 0 fully saturated rings. The molecule has 18 heavy (non-hydrogen) atoms. The summed E-state index contributed by atoms with van der Waals surface area (Å²) in [6.45, 7) is 7.57. The van der Waals surface area contributed by atoms with E-state index >= 15 is 0 Å². The summed E-state index contributed by atoms with van der Waals surface area (Å²) < 4.78 is 15.7. The predicted octanol–water partition coefficient (Wildman–Crippen LogP) is 3.06. The van der Waals surface area contributed by atoms with Crippen LogP contribution in [-0.4, -0.2) is 25.8 Å². The van der Waals surface area contributed by atoms with E-state index in [-0.39, 0.29) is 12.4 Å². The van der Waals surface area contributed by atoms with Gasteiger partial charge in [0, 0.05) is 13.0 Å².